The molecule has 8 nitrogen and oxygen atoms in total. The van der Waals surface area contributed by atoms with Gasteiger partial charge in [-0.1, -0.05) is 0 Å². The van der Waals surface area contributed by atoms with Gasteiger partial charge < -0.3 is 10.1 Å². The molecule has 21 heavy (non-hydrogen) atoms. The lowest BCUT2D eigenvalue weighted by Crippen LogP contribution is -2.08. The van der Waals surface area contributed by atoms with Crippen LogP contribution >= 0.6 is 15.9 Å². The molecule has 0 saturated heterocycles. The summed E-state index contributed by atoms with van der Waals surface area (Å²) < 4.78 is 4.93. The maximum absolute atomic E-state index is 12.0. The van der Waals surface area contributed by atoms with E-state index in [0.29, 0.717) is 15.5 Å². The number of amides is 1. The number of hydrogen-bond donors (Lipinski definition) is 1. The second kappa shape index (κ2) is 4.48. The van der Waals surface area contributed by atoms with Crippen LogP contribution in [0.25, 0.3) is 10.9 Å². The molecule has 1 aromatic carbocycles. The number of methoxy groups -OCH3 is 1. The Kier molecular flexibility index (Phi) is 2.87. The number of non-ortho nitro benzene ring substituents is 1. The van der Waals surface area contributed by atoms with Crippen molar-refractivity contribution in [1.29, 1.82) is 0 Å². The Balaban J connectivity index is 2.47. The fourth-order valence-corrected chi connectivity index (χ4v) is 2.71. The number of halogens is 1. The SMILES string of the molecule is COC(=O)c1cc2c3c(c(Br)cc([N+](=O)[O-])c3n1)NC2=O. The third-order valence-corrected chi connectivity index (χ3v) is 3.71. The highest BCUT2D eigenvalue weighted by Crippen LogP contribution is 2.42. The van der Waals surface area contributed by atoms with Crippen molar-refractivity contribution in [3.8, 4) is 0 Å². The van der Waals surface area contributed by atoms with Gasteiger partial charge in [0.2, 0.25) is 0 Å². The number of anilines is 1. The summed E-state index contributed by atoms with van der Waals surface area (Å²) in [7, 11) is 1.16. The molecule has 0 fully saturated rings. The van der Waals surface area contributed by atoms with Crippen LogP contribution in [0.4, 0.5) is 11.4 Å². The Labute approximate surface area is 125 Å². The number of carbonyl (C=O) groups excluding carboxylic acids is 2. The summed E-state index contributed by atoms with van der Waals surface area (Å²) >= 11 is 3.18. The standard InChI is InChI=1S/C12H6BrN3O5/c1-21-12(18)6-2-4-8-9(15-11(4)17)5(13)3-7(16(19)20)10(8)14-6/h2-3H,1H3,(H,15,17). The molecule has 1 N–H and O–H groups in total. The van der Waals surface area contributed by atoms with Crippen LogP contribution in [0.1, 0.15) is 20.8 Å². The maximum atomic E-state index is 12.0. The van der Waals surface area contributed by atoms with E-state index in [1.165, 1.54) is 12.1 Å². The first-order valence-electron chi connectivity index (χ1n) is 5.65. The Bertz CT molecular complexity index is 849. The largest absolute Gasteiger partial charge is 0.464 e. The number of carbonyl (C=O) groups is 2. The van der Waals surface area contributed by atoms with E-state index in [0.717, 1.165) is 7.11 Å². The van der Waals surface area contributed by atoms with Gasteiger partial charge in [-0.3, -0.25) is 14.9 Å². The fraction of sp³-hybridized carbons (Fsp3) is 0.0833. The molecule has 0 spiro atoms. The van der Waals surface area contributed by atoms with E-state index in [2.05, 4.69) is 31.0 Å². The first-order chi connectivity index (χ1) is 9.93. The van der Waals surface area contributed by atoms with E-state index in [9.17, 15) is 19.7 Å². The van der Waals surface area contributed by atoms with Crippen LogP contribution in [0.2, 0.25) is 0 Å². The predicted molar refractivity (Wildman–Crippen MR) is 75.4 cm³/mol. The van der Waals surface area contributed by atoms with E-state index in [4.69, 9.17) is 0 Å². The van der Waals surface area contributed by atoms with E-state index in [1.807, 2.05) is 0 Å². The third kappa shape index (κ3) is 1.85. The van der Waals surface area contributed by atoms with Gasteiger partial charge in [0.15, 0.2) is 5.52 Å². The van der Waals surface area contributed by atoms with Gasteiger partial charge in [-0.05, 0) is 22.0 Å². The molecule has 9 heteroatoms. The zero-order chi connectivity index (χ0) is 15.3. The van der Waals surface area contributed by atoms with Gasteiger partial charge in [-0.2, -0.15) is 0 Å². The van der Waals surface area contributed by atoms with Crippen molar-refractivity contribution in [2.45, 2.75) is 0 Å². The summed E-state index contributed by atoms with van der Waals surface area (Å²) in [6.45, 7) is 0. The first kappa shape index (κ1) is 13.4. The van der Waals surface area contributed by atoms with Crippen LogP contribution in [-0.4, -0.2) is 28.9 Å². The fourth-order valence-electron chi connectivity index (χ4n) is 2.19. The number of aromatic nitrogens is 1. The van der Waals surface area contributed by atoms with Gasteiger partial charge in [0.25, 0.3) is 11.6 Å². The number of esters is 1. The molecule has 0 radical (unpaired) electrons. The Morgan fingerprint density at radius 1 is 1.48 bits per heavy atom. The molecule has 0 unspecified atom stereocenters. The molecule has 1 amide bonds. The predicted octanol–water partition coefficient (Wildman–Crippen LogP) is 2.26. The molecule has 0 aliphatic carbocycles. The zero-order valence-corrected chi connectivity index (χ0v) is 12.1. The lowest BCUT2D eigenvalue weighted by molar-refractivity contribution is -0.383. The van der Waals surface area contributed by atoms with Crippen molar-refractivity contribution >= 4 is 50.1 Å². The minimum atomic E-state index is -0.772. The van der Waals surface area contributed by atoms with E-state index < -0.39 is 16.8 Å². The molecule has 0 bridgehead atoms. The van der Waals surface area contributed by atoms with Gasteiger partial charge >= 0.3 is 5.97 Å². The Hall–Kier alpha value is -2.55. The minimum absolute atomic E-state index is 0.0329. The normalized spacial score (nSPS) is 12.4. The molecular weight excluding hydrogens is 346 g/mol. The zero-order valence-electron chi connectivity index (χ0n) is 10.5. The monoisotopic (exact) mass is 351 g/mol. The highest BCUT2D eigenvalue weighted by molar-refractivity contribution is 9.10. The average Bonchev–Trinajstić information content (AvgIpc) is 2.80. The highest BCUT2D eigenvalue weighted by atomic mass is 79.9. The number of pyridine rings is 1. The number of nitro benzene ring substituents is 1. The summed E-state index contributed by atoms with van der Waals surface area (Å²) in [4.78, 5) is 38.1. The minimum Gasteiger partial charge on any atom is -0.464 e. The van der Waals surface area contributed by atoms with E-state index >= 15 is 0 Å². The van der Waals surface area contributed by atoms with Crippen molar-refractivity contribution < 1.29 is 19.2 Å². The summed E-state index contributed by atoms with van der Waals surface area (Å²) in [6.07, 6.45) is 0. The van der Waals surface area contributed by atoms with Crippen molar-refractivity contribution in [1.82, 2.24) is 4.98 Å². The van der Waals surface area contributed by atoms with Crippen LogP contribution in [0.5, 0.6) is 0 Å². The molecule has 106 valence electrons. The Morgan fingerprint density at radius 3 is 2.81 bits per heavy atom. The summed E-state index contributed by atoms with van der Waals surface area (Å²) in [6, 6.07) is 2.50. The number of nitrogens with zero attached hydrogens (tertiary/aromatic N) is 2. The molecule has 3 rings (SSSR count). The molecule has 2 aromatic rings. The number of hydrogen-bond acceptors (Lipinski definition) is 6. The Morgan fingerprint density at radius 2 is 2.19 bits per heavy atom. The lowest BCUT2D eigenvalue weighted by atomic mass is 10.1. The molecule has 2 heterocycles. The third-order valence-electron chi connectivity index (χ3n) is 3.09. The molecule has 0 atom stereocenters. The smallest absolute Gasteiger partial charge is 0.356 e. The number of ether oxygens (including phenoxy) is 1. The van der Waals surface area contributed by atoms with Crippen LogP contribution in [-0.2, 0) is 4.74 Å². The second-order valence-electron chi connectivity index (χ2n) is 4.23. The van der Waals surface area contributed by atoms with Crippen molar-refractivity contribution in [2.24, 2.45) is 0 Å². The van der Waals surface area contributed by atoms with Crippen LogP contribution in [0.3, 0.4) is 0 Å². The molecule has 1 aliphatic heterocycles. The topological polar surface area (TPSA) is 111 Å². The summed E-state index contributed by atoms with van der Waals surface area (Å²) in [5.74, 6) is -1.23. The number of nitrogens with one attached hydrogen (secondary N) is 1. The second-order valence-corrected chi connectivity index (χ2v) is 5.09. The quantitative estimate of drug-likeness (QED) is 0.504. The van der Waals surface area contributed by atoms with Gasteiger partial charge in [0, 0.05) is 15.9 Å². The number of nitro groups is 1. The van der Waals surface area contributed by atoms with Gasteiger partial charge in [-0.15, -0.1) is 0 Å². The van der Waals surface area contributed by atoms with E-state index in [-0.39, 0.29) is 22.5 Å². The summed E-state index contributed by atoms with van der Waals surface area (Å²) in [5, 5.41) is 14.1. The van der Waals surface area contributed by atoms with Gasteiger partial charge in [0.1, 0.15) is 5.69 Å². The van der Waals surface area contributed by atoms with Gasteiger partial charge in [-0.25, -0.2) is 9.78 Å². The number of benzene rings is 1. The van der Waals surface area contributed by atoms with Gasteiger partial charge in [0.05, 0.1) is 23.3 Å². The van der Waals surface area contributed by atoms with Crippen molar-refractivity contribution in [3.05, 3.63) is 38.0 Å². The molecule has 1 aliphatic rings. The van der Waals surface area contributed by atoms with Crippen molar-refractivity contribution in [3.63, 3.8) is 0 Å². The summed E-state index contributed by atoms with van der Waals surface area (Å²) in [5.41, 5.74) is 0.0614. The first-order valence-corrected chi connectivity index (χ1v) is 6.44. The van der Waals surface area contributed by atoms with Crippen molar-refractivity contribution in [2.75, 3.05) is 12.4 Å². The van der Waals surface area contributed by atoms with Crippen LogP contribution in [0, 0.1) is 10.1 Å². The number of rotatable bonds is 2. The maximum Gasteiger partial charge on any atom is 0.356 e. The molecule has 1 aromatic heterocycles. The van der Waals surface area contributed by atoms with Crippen LogP contribution in [0.15, 0.2) is 16.6 Å². The van der Waals surface area contributed by atoms with E-state index in [1.54, 1.807) is 0 Å². The lowest BCUT2D eigenvalue weighted by Gasteiger charge is -2.05. The highest BCUT2D eigenvalue weighted by Gasteiger charge is 2.31. The van der Waals surface area contributed by atoms with Crippen LogP contribution < -0.4 is 5.32 Å². The molecule has 0 saturated carbocycles. The average molecular weight is 352 g/mol. The molecular formula is C12H6BrN3O5.